The molecule has 0 aliphatic carbocycles. The first kappa shape index (κ1) is 13.1. The molecule has 1 aliphatic heterocycles. The van der Waals surface area contributed by atoms with Crippen molar-refractivity contribution in [1.82, 2.24) is 4.90 Å². The normalized spacial score (nSPS) is 19.2. The molecule has 0 bridgehead atoms. The summed E-state index contributed by atoms with van der Waals surface area (Å²) in [6.45, 7) is 0.412. The van der Waals surface area contributed by atoms with Crippen LogP contribution in [-0.4, -0.2) is 40.4 Å². The lowest BCUT2D eigenvalue weighted by Crippen LogP contribution is -2.50. The van der Waals surface area contributed by atoms with Gasteiger partial charge in [-0.05, 0) is 19.3 Å². The van der Waals surface area contributed by atoms with E-state index in [9.17, 15) is 14.4 Å². The van der Waals surface area contributed by atoms with Crippen molar-refractivity contribution >= 4 is 17.8 Å². The van der Waals surface area contributed by atoms with Crippen molar-refractivity contribution < 1.29 is 23.9 Å². The Morgan fingerprint density at radius 3 is 2.68 bits per heavy atom. The molecule has 0 radical (unpaired) electrons. The van der Waals surface area contributed by atoms with Crippen molar-refractivity contribution in [1.29, 1.82) is 0 Å². The molecule has 1 unspecified atom stereocenters. The number of amides is 2. The highest BCUT2D eigenvalue weighted by Gasteiger charge is 2.32. The van der Waals surface area contributed by atoms with Gasteiger partial charge in [-0.1, -0.05) is 0 Å². The van der Waals surface area contributed by atoms with Gasteiger partial charge < -0.3 is 20.2 Å². The molecule has 19 heavy (non-hydrogen) atoms. The molecule has 0 saturated carbocycles. The van der Waals surface area contributed by atoms with Crippen molar-refractivity contribution in [2.24, 2.45) is 5.73 Å². The summed E-state index contributed by atoms with van der Waals surface area (Å²) < 4.78 is 4.94. The number of nitrogens with two attached hydrogens (primary N) is 1. The summed E-state index contributed by atoms with van der Waals surface area (Å²) in [5.74, 6) is -2.33. The van der Waals surface area contributed by atoms with Crippen LogP contribution in [0.1, 0.15) is 40.2 Å². The van der Waals surface area contributed by atoms with Crippen LogP contribution in [0.25, 0.3) is 0 Å². The Morgan fingerprint density at radius 1 is 1.37 bits per heavy atom. The molecule has 1 aliphatic rings. The smallest absolute Gasteiger partial charge is 0.338 e. The molecule has 1 saturated heterocycles. The number of rotatable bonds is 3. The van der Waals surface area contributed by atoms with Gasteiger partial charge in [0.1, 0.15) is 12.3 Å². The van der Waals surface area contributed by atoms with Crippen molar-refractivity contribution in [2.75, 3.05) is 6.54 Å². The van der Waals surface area contributed by atoms with E-state index >= 15 is 0 Å². The summed E-state index contributed by atoms with van der Waals surface area (Å²) in [6, 6.07) is 0.497. The summed E-state index contributed by atoms with van der Waals surface area (Å²) in [4.78, 5) is 35.6. The zero-order chi connectivity index (χ0) is 14.0. The standard InChI is InChI=1S/C12H14N2O5/c13-10(15)8-3-1-2-4-14(8)11(16)9-5-7(6-19-9)12(17)18/h5-6,8H,1-4H2,(H2,13,15)(H,17,18). The third kappa shape index (κ3) is 2.59. The van der Waals surface area contributed by atoms with Crippen LogP contribution in [0.15, 0.2) is 16.7 Å². The Bertz CT molecular complexity index is 522. The number of carbonyl (C=O) groups is 3. The van der Waals surface area contributed by atoms with Crippen LogP contribution < -0.4 is 5.73 Å². The highest BCUT2D eigenvalue weighted by atomic mass is 16.4. The lowest BCUT2D eigenvalue weighted by atomic mass is 10.0. The predicted octanol–water partition coefficient (Wildman–Crippen LogP) is 0.458. The Labute approximate surface area is 109 Å². The van der Waals surface area contributed by atoms with Gasteiger partial charge in [0.05, 0.1) is 5.56 Å². The topological polar surface area (TPSA) is 114 Å². The zero-order valence-electron chi connectivity index (χ0n) is 10.2. The Morgan fingerprint density at radius 2 is 2.11 bits per heavy atom. The fourth-order valence-corrected chi connectivity index (χ4v) is 2.17. The molecule has 0 aromatic carbocycles. The van der Waals surface area contributed by atoms with E-state index in [1.54, 1.807) is 0 Å². The molecule has 2 amide bonds. The van der Waals surface area contributed by atoms with Gasteiger partial charge in [-0.25, -0.2) is 4.79 Å². The monoisotopic (exact) mass is 266 g/mol. The van der Waals surface area contributed by atoms with Crippen molar-refractivity contribution in [3.8, 4) is 0 Å². The first-order chi connectivity index (χ1) is 9.00. The molecule has 7 heteroatoms. The van der Waals surface area contributed by atoms with E-state index in [-0.39, 0.29) is 11.3 Å². The van der Waals surface area contributed by atoms with Gasteiger partial charge in [0.25, 0.3) is 5.91 Å². The molecule has 1 aromatic rings. The summed E-state index contributed by atoms with van der Waals surface area (Å²) >= 11 is 0. The number of piperidine rings is 1. The maximum absolute atomic E-state index is 12.2. The molecule has 1 fully saturated rings. The number of hydrogen-bond acceptors (Lipinski definition) is 4. The number of primary amides is 1. The number of nitrogens with zero attached hydrogens (tertiary/aromatic N) is 1. The first-order valence-corrected chi connectivity index (χ1v) is 5.93. The number of aromatic carboxylic acids is 1. The quantitative estimate of drug-likeness (QED) is 0.824. The van der Waals surface area contributed by atoms with E-state index in [0.29, 0.717) is 13.0 Å². The third-order valence-corrected chi connectivity index (χ3v) is 3.15. The van der Waals surface area contributed by atoms with Gasteiger partial charge >= 0.3 is 5.97 Å². The lowest BCUT2D eigenvalue weighted by Gasteiger charge is -2.32. The first-order valence-electron chi connectivity index (χ1n) is 5.93. The van der Waals surface area contributed by atoms with Crippen molar-refractivity contribution in [3.05, 3.63) is 23.7 Å². The number of carbonyl (C=O) groups excluding carboxylic acids is 2. The van der Waals surface area contributed by atoms with Crippen LogP contribution in [0.5, 0.6) is 0 Å². The second-order valence-electron chi connectivity index (χ2n) is 4.42. The van der Waals surface area contributed by atoms with E-state index in [1.807, 2.05) is 0 Å². The highest BCUT2D eigenvalue weighted by Crippen LogP contribution is 2.20. The van der Waals surface area contributed by atoms with Crippen LogP contribution >= 0.6 is 0 Å². The fourth-order valence-electron chi connectivity index (χ4n) is 2.17. The molecule has 1 atom stereocenters. The van der Waals surface area contributed by atoms with Gasteiger partial charge in [0.15, 0.2) is 5.76 Å². The molecule has 2 rings (SSSR count). The maximum atomic E-state index is 12.2. The lowest BCUT2D eigenvalue weighted by molar-refractivity contribution is -0.123. The maximum Gasteiger partial charge on any atom is 0.338 e. The molecular formula is C12H14N2O5. The van der Waals surface area contributed by atoms with Gasteiger partial charge in [0, 0.05) is 12.6 Å². The summed E-state index contributed by atoms with van der Waals surface area (Å²) in [5, 5.41) is 8.77. The molecular weight excluding hydrogens is 252 g/mol. The molecule has 2 heterocycles. The van der Waals surface area contributed by atoms with E-state index in [4.69, 9.17) is 15.3 Å². The molecule has 3 N–H and O–H groups in total. The fraction of sp³-hybridized carbons (Fsp3) is 0.417. The van der Waals surface area contributed by atoms with Gasteiger partial charge in [-0.3, -0.25) is 9.59 Å². The number of furan rings is 1. The number of hydrogen-bond donors (Lipinski definition) is 2. The summed E-state index contributed by atoms with van der Waals surface area (Å²) in [7, 11) is 0. The van der Waals surface area contributed by atoms with Crippen molar-refractivity contribution in [3.63, 3.8) is 0 Å². The predicted molar refractivity (Wildman–Crippen MR) is 63.5 cm³/mol. The molecule has 1 aromatic heterocycles. The Balaban J connectivity index is 2.21. The average Bonchev–Trinajstić information content (AvgIpc) is 2.87. The largest absolute Gasteiger partial charge is 0.478 e. The minimum absolute atomic E-state index is 0.0921. The summed E-state index contributed by atoms with van der Waals surface area (Å²) in [6.07, 6.45) is 3.13. The number of likely N-dealkylation sites (tertiary alicyclic amines) is 1. The van der Waals surface area contributed by atoms with Crippen LogP contribution in [0.3, 0.4) is 0 Å². The SMILES string of the molecule is NC(=O)C1CCCCN1C(=O)c1cc(C(=O)O)co1. The second kappa shape index (κ2) is 5.13. The molecule has 7 nitrogen and oxygen atoms in total. The molecule has 102 valence electrons. The van der Waals surface area contributed by atoms with Crippen LogP contribution in [0, 0.1) is 0 Å². The van der Waals surface area contributed by atoms with Gasteiger partial charge in [0.2, 0.25) is 5.91 Å². The minimum atomic E-state index is -1.17. The van der Waals surface area contributed by atoms with Crippen LogP contribution in [0.2, 0.25) is 0 Å². The third-order valence-electron chi connectivity index (χ3n) is 3.15. The van der Waals surface area contributed by atoms with Crippen LogP contribution in [-0.2, 0) is 4.79 Å². The minimum Gasteiger partial charge on any atom is -0.478 e. The number of carboxylic acids is 1. The Kier molecular flexibility index (Phi) is 3.55. The van der Waals surface area contributed by atoms with E-state index in [2.05, 4.69) is 0 Å². The van der Waals surface area contributed by atoms with Crippen molar-refractivity contribution in [2.45, 2.75) is 25.3 Å². The number of carboxylic acid groups (broad SMARTS) is 1. The highest BCUT2D eigenvalue weighted by molar-refractivity contribution is 5.97. The summed E-state index contributed by atoms with van der Waals surface area (Å²) in [5.41, 5.74) is 5.17. The van der Waals surface area contributed by atoms with Gasteiger partial charge in [-0.2, -0.15) is 0 Å². The average molecular weight is 266 g/mol. The van der Waals surface area contributed by atoms with E-state index in [0.717, 1.165) is 25.2 Å². The molecule has 0 spiro atoms. The van der Waals surface area contributed by atoms with Gasteiger partial charge in [-0.15, -0.1) is 0 Å². The zero-order valence-corrected chi connectivity index (χ0v) is 10.2. The second-order valence-corrected chi connectivity index (χ2v) is 4.42. The van der Waals surface area contributed by atoms with E-state index in [1.165, 1.54) is 4.90 Å². The Hall–Kier alpha value is -2.31. The van der Waals surface area contributed by atoms with Crippen LogP contribution in [0.4, 0.5) is 0 Å². The van der Waals surface area contributed by atoms with E-state index < -0.39 is 23.8 Å².